The normalized spacial score (nSPS) is 10.4. The number of halogens is 2. The van der Waals surface area contributed by atoms with Gasteiger partial charge in [0.25, 0.3) is 0 Å². The van der Waals surface area contributed by atoms with Gasteiger partial charge in [0.15, 0.2) is 5.82 Å². The van der Waals surface area contributed by atoms with Gasteiger partial charge in [0.2, 0.25) is 0 Å². The van der Waals surface area contributed by atoms with Crippen LogP contribution < -0.4 is 10.6 Å². The minimum atomic E-state index is -0.343. The molecule has 0 aliphatic rings. The molecule has 0 unspecified atom stereocenters. The maximum Gasteiger partial charge on any atom is 0.161 e. The van der Waals surface area contributed by atoms with Crippen LogP contribution >= 0.6 is 15.9 Å². The molecule has 0 aliphatic heterocycles. The van der Waals surface area contributed by atoms with E-state index in [1.165, 1.54) is 0 Å². The van der Waals surface area contributed by atoms with E-state index < -0.39 is 0 Å². The van der Waals surface area contributed by atoms with Crippen LogP contribution in [0.1, 0.15) is 32.3 Å². The molecule has 0 radical (unpaired) electrons. The smallest absolute Gasteiger partial charge is 0.161 e. The maximum absolute atomic E-state index is 14.3. The van der Waals surface area contributed by atoms with Crippen LogP contribution in [0.2, 0.25) is 0 Å². The molecule has 18 heavy (non-hydrogen) atoms. The summed E-state index contributed by atoms with van der Waals surface area (Å²) in [6.45, 7) is 5.77. The van der Waals surface area contributed by atoms with Gasteiger partial charge in [0, 0.05) is 18.7 Å². The van der Waals surface area contributed by atoms with Crippen molar-refractivity contribution < 1.29 is 4.39 Å². The van der Waals surface area contributed by atoms with Crippen LogP contribution in [0.3, 0.4) is 0 Å². The summed E-state index contributed by atoms with van der Waals surface area (Å²) in [7, 11) is 0. The Kier molecular flexibility index (Phi) is 5.59. The molecule has 0 saturated heterocycles. The molecule has 5 heteroatoms. The lowest BCUT2D eigenvalue weighted by Gasteiger charge is -2.25. The summed E-state index contributed by atoms with van der Waals surface area (Å²) in [6, 6.07) is 3.38. The van der Waals surface area contributed by atoms with E-state index in [4.69, 9.17) is 11.1 Å². The largest absolute Gasteiger partial charge is 0.384 e. The minimum absolute atomic E-state index is 0.134. The van der Waals surface area contributed by atoms with Crippen molar-refractivity contribution in [2.75, 3.05) is 18.0 Å². The van der Waals surface area contributed by atoms with Gasteiger partial charge in [0.1, 0.15) is 5.84 Å². The van der Waals surface area contributed by atoms with Crippen LogP contribution in [0.25, 0.3) is 0 Å². The van der Waals surface area contributed by atoms with Crippen molar-refractivity contribution in [3.05, 3.63) is 28.0 Å². The zero-order chi connectivity index (χ0) is 13.7. The second-order valence-electron chi connectivity index (χ2n) is 4.16. The predicted molar refractivity (Wildman–Crippen MR) is 77.9 cm³/mol. The van der Waals surface area contributed by atoms with Gasteiger partial charge < -0.3 is 10.6 Å². The molecule has 0 saturated carbocycles. The summed E-state index contributed by atoms with van der Waals surface area (Å²) in [5.74, 6) is -0.477. The van der Waals surface area contributed by atoms with Crippen LogP contribution in [0.4, 0.5) is 10.1 Å². The van der Waals surface area contributed by atoms with Crippen LogP contribution in [-0.4, -0.2) is 18.9 Å². The fourth-order valence-electron chi connectivity index (χ4n) is 1.88. The second kappa shape index (κ2) is 6.73. The summed E-state index contributed by atoms with van der Waals surface area (Å²) in [4.78, 5) is 2.02. The van der Waals surface area contributed by atoms with Gasteiger partial charge in [0.05, 0.1) is 10.2 Å². The van der Waals surface area contributed by atoms with Crippen molar-refractivity contribution in [3.63, 3.8) is 0 Å². The lowest BCUT2D eigenvalue weighted by molar-refractivity contribution is 0.607. The number of nitrogens with one attached hydrogen (secondary N) is 1. The Morgan fingerprint density at radius 1 is 1.33 bits per heavy atom. The molecule has 0 amide bonds. The first-order chi connectivity index (χ1) is 8.52. The summed E-state index contributed by atoms with van der Waals surface area (Å²) in [5.41, 5.74) is 6.36. The Morgan fingerprint density at radius 2 is 1.89 bits per heavy atom. The molecule has 0 heterocycles. The van der Waals surface area contributed by atoms with Crippen molar-refractivity contribution in [2.45, 2.75) is 26.7 Å². The van der Waals surface area contributed by atoms with Gasteiger partial charge in [-0.05, 0) is 40.9 Å². The molecule has 0 fully saturated rings. The van der Waals surface area contributed by atoms with Crippen LogP contribution in [-0.2, 0) is 0 Å². The summed E-state index contributed by atoms with van der Waals surface area (Å²) >= 11 is 3.18. The predicted octanol–water partition coefficient (Wildman–Crippen LogP) is 3.50. The second-order valence-corrected chi connectivity index (χ2v) is 4.95. The Bertz CT molecular complexity index is 428. The standard InChI is InChI=1S/C13H19BrFN3/c1-3-7-18(8-4-2)10-6-5-9(13(16)17)11(14)12(10)15/h5-6H,3-4,7-8H2,1-2H3,(H3,16,17). The molecule has 3 nitrogen and oxygen atoms in total. The number of benzene rings is 1. The van der Waals surface area contributed by atoms with Crippen molar-refractivity contribution in [1.82, 2.24) is 0 Å². The summed E-state index contributed by atoms with van der Waals surface area (Å²) < 4.78 is 14.5. The maximum atomic E-state index is 14.3. The Balaban J connectivity index is 3.16. The molecule has 0 aliphatic carbocycles. The highest BCUT2D eigenvalue weighted by molar-refractivity contribution is 9.10. The first-order valence-corrected chi connectivity index (χ1v) is 6.89. The van der Waals surface area contributed by atoms with Gasteiger partial charge in [-0.3, -0.25) is 5.41 Å². The van der Waals surface area contributed by atoms with E-state index in [0.29, 0.717) is 11.3 Å². The Labute approximate surface area is 116 Å². The van der Waals surface area contributed by atoms with E-state index in [1.54, 1.807) is 12.1 Å². The first-order valence-electron chi connectivity index (χ1n) is 6.10. The number of amidine groups is 1. The van der Waals surface area contributed by atoms with E-state index in [1.807, 2.05) is 4.90 Å². The van der Waals surface area contributed by atoms with E-state index in [-0.39, 0.29) is 16.1 Å². The third-order valence-corrected chi connectivity index (χ3v) is 3.46. The van der Waals surface area contributed by atoms with E-state index in [9.17, 15) is 4.39 Å². The topological polar surface area (TPSA) is 53.1 Å². The third-order valence-electron chi connectivity index (χ3n) is 2.68. The highest BCUT2D eigenvalue weighted by Gasteiger charge is 2.16. The summed E-state index contributed by atoms with van der Waals surface area (Å²) in [6.07, 6.45) is 1.93. The van der Waals surface area contributed by atoms with Crippen molar-refractivity contribution >= 4 is 27.5 Å². The molecule has 1 rings (SSSR count). The van der Waals surface area contributed by atoms with Crippen LogP contribution in [0, 0.1) is 11.2 Å². The van der Waals surface area contributed by atoms with E-state index >= 15 is 0 Å². The van der Waals surface area contributed by atoms with Gasteiger partial charge in [-0.2, -0.15) is 0 Å². The number of rotatable bonds is 6. The number of nitrogens with two attached hydrogens (primary N) is 1. The minimum Gasteiger partial charge on any atom is -0.384 e. The lowest BCUT2D eigenvalue weighted by Crippen LogP contribution is -2.26. The SMILES string of the molecule is CCCN(CCC)c1ccc(C(=N)N)c(Br)c1F. The number of nitrogen functional groups attached to an aromatic ring is 1. The Hall–Kier alpha value is -1.10. The van der Waals surface area contributed by atoms with Gasteiger partial charge in [-0.25, -0.2) is 4.39 Å². The molecule has 100 valence electrons. The molecule has 3 N–H and O–H groups in total. The fraction of sp³-hybridized carbons (Fsp3) is 0.462. The average Bonchev–Trinajstić information content (AvgIpc) is 2.32. The van der Waals surface area contributed by atoms with E-state index in [2.05, 4.69) is 29.8 Å². The van der Waals surface area contributed by atoms with Crippen molar-refractivity contribution in [1.29, 1.82) is 5.41 Å². The number of anilines is 1. The highest BCUT2D eigenvalue weighted by Crippen LogP contribution is 2.29. The molecule has 1 aromatic carbocycles. The fourth-order valence-corrected chi connectivity index (χ4v) is 2.43. The zero-order valence-electron chi connectivity index (χ0n) is 10.8. The highest BCUT2D eigenvalue weighted by atomic mass is 79.9. The number of hydrogen-bond donors (Lipinski definition) is 2. The average molecular weight is 316 g/mol. The van der Waals surface area contributed by atoms with Gasteiger partial charge in [-0.15, -0.1) is 0 Å². The first kappa shape index (κ1) is 15.0. The van der Waals surface area contributed by atoms with Gasteiger partial charge >= 0.3 is 0 Å². The quantitative estimate of drug-likeness (QED) is 0.623. The van der Waals surface area contributed by atoms with E-state index in [0.717, 1.165) is 25.9 Å². The number of nitrogens with zero attached hydrogens (tertiary/aromatic N) is 1. The molecule has 0 atom stereocenters. The molecule has 0 bridgehead atoms. The molecular formula is C13H19BrFN3. The molecule has 0 spiro atoms. The third kappa shape index (κ3) is 3.22. The Morgan fingerprint density at radius 3 is 2.33 bits per heavy atom. The van der Waals surface area contributed by atoms with Crippen LogP contribution in [0.15, 0.2) is 16.6 Å². The van der Waals surface area contributed by atoms with Crippen molar-refractivity contribution in [3.8, 4) is 0 Å². The lowest BCUT2D eigenvalue weighted by atomic mass is 10.1. The monoisotopic (exact) mass is 315 g/mol. The van der Waals surface area contributed by atoms with Gasteiger partial charge in [-0.1, -0.05) is 13.8 Å². The molecular weight excluding hydrogens is 297 g/mol. The molecule has 1 aromatic rings. The number of hydrogen-bond acceptors (Lipinski definition) is 2. The zero-order valence-corrected chi connectivity index (χ0v) is 12.3. The van der Waals surface area contributed by atoms with Crippen molar-refractivity contribution in [2.24, 2.45) is 5.73 Å². The van der Waals surface area contributed by atoms with Crippen LogP contribution in [0.5, 0.6) is 0 Å². The summed E-state index contributed by atoms with van der Waals surface area (Å²) in [5, 5.41) is 7.38. The molecule has 0 aromatic heterocycles.